The first-order valence-electron chi connectivity index (χ1n) is 6.22. The normalized spacial score (nSPS) is 12.5. The minimum absolute atomic E-state index is 0.0210. The van der Waals surface area contributed by atoms with Gasteiger partial charge in [-0.1, -0.05) is 26.0 Å². The Balaban J connectivity index is 2.73. The molecular formula is C14H22N2OS. The van der Waals surface area contributed by atoms with Crippen LogP contribution in [0.1, 0.15) is 20.3 Å². The van der Waals surface area contributed by atoms with Gasteiger partial charge in [0.05, 0.1) is 11.6 Å². The fraction of sp³-hybridized carbons (Fsp3) is 0.500. The Morgan fingerprint density at radius 2 is 2.06 bits per heavy atom. The highest BCUT2D eigenvalue weighted by Gasteiger charge is 2.18. The fourth-order valence-electron chi connectivity index (χ4n) is 1.86. The lowest BCUT2D eigenvalue weighted by Crippen LogP contribution is -2.30. The first kappa shape index (κ1) is 15.1. The molecule has 100 valence electrons. The van der Waals surface area contributed by atoms with Crippen LogP contribution in [-0.4, -0.2) is 18.7 Å². The minimum atomic E-state index is -0.111. The number of hydrogen-bond acceptors (Lipinski definition) is 3. The molecule has 1 amide bonds. The number of carbonyl (C=O) groups is 1. The average molecular weight is 266 g/mol. The first-order valence-corrected chi connectivity index (χ1v) is 7.44. The zero-order valence-electron chi connectivity index (χ0n) is 11.3. The lowest BCUT2D eigenvalue weighted by atomic mass is 9.96. The number of para-hydroxylation sites is 1. The molecule has 0 aliphatic heterocycles. The maximum Gasteiger partial charge on any atom is 0.228 e. The van der Waals surface area contributed by atoms with E-state index in [1.165, 1.54) is 0 Å². The number of carbonyl (C=O) groups excluding carboxylic acids is 1. The second kappa shape index (κ2) is 7.44. The van der Waals surface area contributed by atoms with E-state index < -0.39 is 0 Å². The third kappa shape index (κ3) is 4.35. The molecule has 0 aliphatic rings. The lowest BCUT2D eigenvalue weighted by molar-refractivity contribution is -0.120. The van der Waals surface area contributed by atoms with Gasteiger partial charge in [0.2, 0.25) is 5.91 Å². The molecule has 1 unspecified atom stereocenters. The average Bonchev–Trinajstić information content (AvgIpc) is 2.36. The summed E-state index contributed by atoms with van der Waals surface area (Å²) >= 11 is 1.62. The van der Waals surface area contributed by atoms with E-state index in [-0.39, 0.29) is 11.8 Å². The molecule has 0 fully saturated rings. The molecule has 0 heterocycles. The highest BCUT2D eigenvalue weighted by molar-refractivity contribution is 7.98. The minimum Gasteiger partial charge on any atom is -0.330 e. The van der Waals surface area contributed by atoms with Gasteiger partial charge in [0.15, 0.2) is 0 Å². The number of nitrogens with two attached hydrogens (primary N) is 1. The molecule has 0 bridgehead atoms. The van der Waals surface area contributed by atoms with Gasteiger partial charge in [-0.2, -0.15) is 0 Å². The van der Waals surface area contributed by atoms with E-state index in [2.05, 4.69) is 19.2 Å². The molecule has 18 heavy (non-hydrogen) atoms. The molecule has 0 saturated carbocycles. The second-order valence-corrected chi connectivity index (χ2v) is 5.60. The Morgan fingerprint density at radius 3 is 2.61 bits per heavy atom. The van der Waals surface area contributed by atoms with Crippen molar-refractivity contribution in [2.24, 2.45) is 17.6 Å². The highest BCUT2D eigenvalue weighted by Crippen LogP contribution is 2.25. The molecule has 0 saturated heterocycles. The molecule has 1 atom stereocenters. The zero-order chi connectivity index (χ0) is 13.5. The summed E-state index contributed by atoms with van der Waals surface area (Å²) in [4.78, 5) is 13.2. The van der Waals surface area contributed by atoms with Crippen molar-refractivity contribution in [2.75, 3.05) is 18.1 Å². The quantitative estimate of drug-likeness (QED) is 0.778. The molecule has 3 nitrogen and oxygen atoms in total. The van der Waals surface area contributed by atoms with E-state index in [0.717, 1.165) is 17.0 Å². The summed E-state index contributed by atoms with van der Waals surface area (Å²) in [5.74, 6) is 0.382. The Morgan fingerprint density at radius 1 is 1.39 bits per heavy atom. The number of benzene rings is 1. The highest BCUT2D eigenvalue weighted by atomic mass is 32.2. The second-order valence-electron chi connectivity index (χ2n) is 4.75. The summed E-state index contributed by atoms with van der Waals surface area (Å²) in [7, 11) is 0. The predicted molar refractivity (Wildman–Crippen MR) is 78.9 cm³/mol. The fourth-order valence-corrected chi connectivity index (χ4v) is 2.42. The van der Waals surface area contributed by atoms with Crippen molar-refractivity contribution in [3.05, 3.63) is 24.3 Å². The van der Waals surface area contributed by atoms with Crippen LogP contribution in [0.4, 0.5) is 5.69 Å². The summed E-state index contributed by atoms with van der Waals surface area (Å²) in [5.41, 5.74) is 6.55. The smallest absolute Gasteiger partial charge is 0.228 e. The van der Waals surface area contributed by atoms with E-state index >= 15 is 0 Å². The van der Waals surface area contributed by atoms with E-state index in [4.69, 9.17) is 5.73 Å². The third-order valence-corrected chi connectivity index (χ3v) is 3.57. The first-order chi connectivity index (χ1) is 8.58. The molecule has 0 aromatic heterocycles. The van der Waals surface area contributed by atoms with Crippen LogP contribution in [0.3, 0.4) is 0 Å². The Bertz CT molecular complexity index is 393. The largest absolute Gasteiger partial charge is 0.330 e. The summed E-state index contributed by atoms with van der Waals surface area (Å²) in [5, 5.41) is 2.98. The maximum atomic E-state index is 12.1. The molecule has 1 aromatic carbocycles. The molecule has 4 heteroatoms. The molecule has 1 rings (SSSR count). The zero-order valence-corrected chi connectivity index (χ0v) is 12.1. The van der Waals surface area contributed by atoms with Gasteiger partial charge in [0.25, 0.3) is 0 Å². The van der Waals surface area contributed by atoms with Crippen LogP contribution in [0, 0.1) is 11.8 Å². The number of hydrogen-bond donors (Lipinski definition) is 2. The van der Waals surface area contributed by atoms with Crippen molar-refractivity contribution >= 4 is 23.4 Å². The summed E-state index contributed by atoms with van der Waals surface area (Å²) in [6.45, 7) is 4.60. The number of amides is 1. The van der Waals surface area contributed by atoms with E-state index in [1.807, 2.05) is 30.5 Å². The van der Waals surface area contributed by atoms with Crippen molar-refractivity contribution in [1.29, 1.82) is 0 Å². The summed E-state index contributed by atoms with van der Waals surface area (Å²) < 4.78 is 0. The number of thioether (sulfide) groups is 1. The Labute approximate surface area is 114 Å². The van der Waals surface area contributed by atoms with E-state index in [1.54, 1.807) is 11.8 Å². The van der Waals surface area contributed by atoms with Crippen LogP contribution in [0.25, 0.3) is 0 Å². The number of nitrogens with one attached hydrogen (secondary N) is 1. The van der Waals surface area contributed by atoms with E-state index in [9.17, 15) is 4.79 Å². The van der Waals surface area contributed by atoms with Crippen molar-refractivity contribution in [3.63, 3.8) is 0 Å². The lowest BCUT2D eigenvalue weighted by Gasteiger charge is -2.17. The van der Waals surface area contributed by atoms with Crippen molar-refractivity contribution in [1.82, 2.24) is 0 Å². The van der Waals surface area contributed by atoms with Gasteiger partial charge >= 0.3 is 0 Å². The van der Waals surface area contributed by atoms with Crippen molar-refractivity contribution < 1.29 is 4.79 Å². The van der Waals surface area contributed by atoms with Crippen molar-refractivity contribution in [3.8, 4) is 0 Å². The van der Waals surface area contributed by atoms with Gasteiger partial charge in [-0.3, -0.25) is 4.79 Å². The molecule has 0 spiro atoms. The summed E-state index contributed by atoms with van der Waals surface area (Å²) in [6.07, 6.45) is 2.82. The molecular weight excluding hydrogens is 244 g/mol. The molecule has 3 N–H and O–H groups in total. The SMILES string of the molecule is CSc1ccccc1NC(=O)C(CN)CC(C)C. The van der Waals surface area contributed by atoms with Gasteiger partial charge in [-0.25, -0.2) is 0 Å². The van der Waals surface area contributed by atoms with Gasteiger partial charge in [0, 0.05) is 11.4 Å². The van der Waals surface area contributed by atoms with Gasteiger partial charge in [-0.15, -0.1) is 11.8 Å². The maximum absolute atomic E-state index is 12.1. The Hall–Kier alpha value is -1.00. The van der Waals surface area contributed by atoms with Crippen LogP contribution in [0.5, 0.6) is 0 Å². The van der Waals surface area contributed by atoms with Crippen LogP contribution in [0.15, 0.2) is 29.2 Å². The molecule has 1 aromatic rings. The standard InChI is InChI=1S/C14H22N2OS/c1-10(2)8-11(9-15)14(17)16-12-6-4-5-7-13(12)18-3/h4-7,10-11H,8-9,15H2,1-3H3,(H,16,17). The monoisotopic (exact) mass is 266 g/mol. The van der Waals surface area contributed by atoms with E-state index in [0.29, 0.717) is 12.5 Å². The number of rotatable bonds is 6. The van der Waals surface area contributed by atoms with Crippen LogP contribution >= 0.6 is 11.8 Å². The Kier molecular flexibility index (Phi) is 6.22. The molecule has 0 radical (unpaired) electrons. The van der Waals surface area contributed by atoms with Crippen LogP contribution < -0.4 is 11.1 Å². The van der Waals surface area contributed by atoms with Gasteiger partial charge < -0.3 is 11.1 Å². The van der Waals surface area contributed by atoms with Crippen LogP contribution in [-0.2, 0) is 4.79 Å². The topological polar surface area (TPSA) is 55.1 Å². The van der Waals surface area contributed by atoms with Crippen LogP contribution in [0.2, 0.25) is 0 Å². The van der Waals surface area contributed by atoms with Gasteiger partial charge in [-0.05, 0) is 30.7 Å². The molecule has 0 aliphatic carbocycles. The van der Waals surface area contributed by atoms with Gasteiger partial charge in [0.1, 0.15) is 0 Å². The summed E-state index contributed by atoms with van der Waals surface area (Å²) in [6, 6.07) is 7.82. The number of anilines is 1. The third-order valence-electron chi connectivity index (χ3n) is 2.78. The van der Waals surface area contributed by atoms with Crippen molar-refractivity contribution in [2.45, 2.75) is 25.2 Å². The predicted octanol–water partition coefficient (Wildman–Crippen LogP) is 2.97.